The van der Waals surface area contributed by atoms with Gasteiger partial charge in [-0.1, -0.05) is 40.2 Å². The molecule has 2 aromatic carbocycles. The lowest BCUT2D eigenvalue weighted by atomic mass is 10.2. The normalized spacial score (nSPS) is 10.6. The number of rotatable bonds is 6. The number of ether oxygens (including phenoxy) is 1. The van der Waals surface area contributed by atoms with Crippen LogP contribution in [0.25, 0.3) is 0 Å². The van der Waals surface area contributed by atoms with Crippen molar-refractivity contribution < 1.29 is 9.53 Å². The molecule has 0 radical (unpaired) electrons. The van der Waals surface area contributed by atoms with E-state index in [0.29, 0.717) is 0 Å². The number of methoxy groups -OCH3 is 1. The van der Waals surface area contributed by atoms with Crippen molar-refractivity contribution in [3.05, 3.63) is 58.6 Å². The SMILES string of the molecule is COC(=O)CSc1cc(Br)ccc1C=NNc1ccccc1. The molecule has 0 saturated heterocycles. The molecule has 0 aromatic heterocycles. The molecule has 2 aromatic rings. The maximum Gasteiger partial charge on any atom is 0.315 e. The molecule has 0 heterocycles. The lowest BCUT2D eigenvalue weighted by molar-refractivity contribution is -0.137. The minimum absolute atomic E-state index is 0.254. The molecule has 0 saturated carbocycles. The van der Waals surface area contributed by atoms with Crippen LogP contribution >= 0.6 is 27.7 Å². The molecule has 6 heteroatoms. The Morgan fingerprint density at radius 2 is 2.09 bits per heavy atom. The minimum atomic E-state index is -0.254. The molecule has 0 aliphatic carbocycles. The molecular formula is C16H15BrN2O2S. The summed E-state index contributed by atoms with van der Waals surface area (Å²) in [7, 11) is 1.38. The van der Waals surface area contributed by atoms with E-state index in [4.69, 9.17) is 0 Å². The summed E-state index contributed by atoms with van der Waals surface area (Å²) in [6.45, 7) is 0. The van der Waals surface area contributed by atoms with E-state index in [1.807, 2.05) is 48.5 Å². The molecule has 114 valence electrons. The summed E-state index contributed by atoms with van der Waals surface area (Å²) in [4.78, 5) is 12.2. The largest absolute Gasteiger partial charge is 0.468 e. The first kappa shape index (κ1) is 16.6. The average molecular weight is 379 g/mol. The minimum Gasteiger partial charge on any atom is -0.468 e. The second-order valence-electron chi connectivity index (χ2n) is 4.28. The van der Waals surface area contributed by atoms with Crippen LogP contribution in [0.3, 0.4) is 0 Å². The lowest BCUT2D eigenvalue weighted by Crippen LogP contribution is -2.03. The second kappa shape index (κ2) is 8.60. The summed E-state index contributed by atoms with van der Waals surface area (Å²) in [5.74, 6) is 0.00942. The summed E-state index contributed by atoms with van der Waals surface area (Å²) >= 11 is 4.85. The number of anilines is 1. The Hall–Kier alpha value is -1.79. The van der Waals surface area contributed by atoms with Gasteiger partial charge < -0.3 is 4.74 Å². The summed E-state index contributed by atoms with van der Waals surface area (Å²) in [6, 6.07) is 15.5. The maximum absolute atomic E-state index is 11.3. The number of nitrogens with zero attached hydrogens (tertiary/aromatic N) is 1. The van der Waals surface area contributed by atoms with Crippen LogP contribution in [0, 0.1) is 0 Å². The van der Waals surface area contributed by atoms with Crippen LogP contribution in [0.5, 0.6) is 0 Å². The first-order valence-electron chi connectivity index (χ1n) is 6.52. The molecule has 0 bridgehead atoms. The highest BCUT2D eigenvalue weighted by molar-refractivity contribution is 9.10. The molecule has 4 nitrogen and oxygen atoms in total. The van der Waals surface area contributed by atoms with E-state index >= 15 is 0 Å². The number of carbonyl (C=O) groups excluding carboxylic acids is 1. The van der Waals surface area contributed by atoms with Crippen molar-refractivity contribution in [1.29, 1.82) is 0 Å². The van der Waals surface area contributed by atoms with Gasteiger partial charge in [0.1, 0.15) is 0 Å². The highest BCUT2D eigenvalue weighted by Crippen LogP contribution is 2.25. The van der Waals surface area contributed by atoms with Gasteiger partial charge in [0.15, 0.2) is 0 Å². The maximum atomic E-state index is 11.3. The van der Waals surface area contributed by atoms with Crippen LogP contribution in [0.15, 0.2) is 63.0 Å². The van der Waals surface area contributed by atoms with Gasteiger partial charge in [-0.25, -0.2) is 0 Å². The van der Waals surface area contributed by atoms with Gasteiger partial charge in [0, 0.05) is 14.9 Å². The van der Waals surface area contributed by atoms with Gasteiger partial charge in [0.2, 0.25) is 0 Å². The van der Waals surface area contributed by atoms with Crippen molar-refractivity contribution in [3.63, 3.8) is 0 Å². The number of para-hydroxylation sites is 1. The van der Waals surface area contributed by atoms with E-state index in [9.17, 15) is 4.79 Å². The number of carbonyl (C=O) groups is 1. The van der Waals surface area contributed by atoms with Gasteiger partial charge in [-0.15, -0.1) is 11.8 Å². The van der Waals surface area contributed by atoms with Gasteiger partial charge in [0.05, 0.1) is 24.8 Å². The van der Waals surface area contributed by atoms with E-state index in [1.54, 1.807) is 6.21 Å². The Morgan fingerprint density at radius 3 is 2.82 bits per heavy atom. The van der Waals surface area contributed by atoms with Crippen LogP contribution < -0.4 is 5.43 Å². The first-order chi connectivity index (χ1) is 10.7. The number of benzene rings is 2. The van der Waals surface area contributed by atoms with E-state index in [1.165, 1.54) is 18.9 Å². The monoisotopic (exact) mass is 378 g/mol. The molecule has 0 spiro atoms. The number of hydrogen-bond acceptors (Lipinski definition) is 5. The fourth-order valence-corrected chi connectivity index (χ4v) is 3.03. The van der Waals surface area contributed by atoms with E-state index < -0.39 is 0 Å². The zero-order chi connectivity index (χ0) is 15.8. The molecule has 0 aliphatic heterocycles. The Bertz CT molecular complexity index is 662. The Kier molecular flexibility index (Phi) is 6.48. The number of hydrazone groups is 1. The number of nitrogens with one attached hydrogen (secondary N) is 1. The number of hydrogen-bond donors (Lipinski definition) is 1. The van der Waals surface area contributed by atoms with E-state index in [2.05, 4.69) is 31.2 Å². The highest BCUT2D eigenvalue weighted by atomic mass is 79.9. The molecule has 0 aliphatic rings. The standard InChI is InChI=1S/C16H15BrN2O2S/c1-21-16(20)11-22-15-9-13(17)8-7-12(15)10-18-19-14-5-3-2-4-6-14/h2-10,19H,11H2,1H3. The fraction of sp³-hybridized carbons (Fsp3) is 0.125. The highest BCUT2D eigenvalue weighted by Gasteiger charge is 2.06. The second-order valence-corrected chi connectivity index (χ2v) is 6.22. The third-order valence-electron chi connectivity index (χ3n) is 2.72. The third kappa shape index (κ3) is 5.20. The summed E-state index contributed by atoms with van der Waals surface area (Å²) in [6.07, 6.45) is 1.74. The van der Waals surface area contributed by atoms with Crippen LogP contribution in [0.2, 0.25) is 0 Å². The molecule has 0 fully saturated rings. The van der Waals surface area contributed by atoms with Gasteiger partial charge >= 0.3 is 5.97 Å². The Labute approximate surface area is 142 Å². The van der Waals surface area contributed by atoms with Crippen LogP contribution in [0.4, 0.5) is 5.69 Å². The topological polar surface area (TPSA) is 50.7 Å². The summed E-state index contributed by atoms with van der Waals surface area (Å²) in [5, 5.41) is 4.23. The smallest absolute Gasteiger partial charge is 0.315 e. The predicted molar refractivity (Wildman–Crippen MR) is 94.5 cm³/mol. The average Bonchev–Trinajstić information content (AvgIpc) is 2.55. The molecule has 0 unspecified atom stereocenters. The van der Waals surface area contributed by atoms with Gasteiger partial charge in [-0.05, 0) is 24.3 Å². The summed E-state index contributed by atoms with van der Waals surface area (Å²) in [5.41, 5.74) is 4.82. The third-order valence-corrected chi connectivity index (χ3v) is 4.26. The quantitative estimate of drug-likeness (QED) is 0.354. The van der Waals surface area contributed by atoms with Crippen LogP contribution in [-0.2, 0) is 9.53 Å². The van der Waals surface area contributed by atoms with Gasteiger partial charge in [-0.2, -0.15) is 5.10 Å². The van der Waals surface area contributed by atoms with Gasteiger partial charge in [-0.3, -0.25) is 10.2 Å². The Balaban J connectivity index is 2.07. The van der Waals surface area contributed by atoms with Crippen molar-refractivity contribution in [2.45, 2.75) is 4.90 Å². The van der Waals surface area contributed by atoms with Gasteiger partial charge in [0.25, 0.3) is 0 Å². The molecule has 0 atom stereocenters. The zero-order valence-electron chi connectivity index (χ0n) is 12.0. The van der Waals surface area contributed by atoms with Crippen LogP contribution in [-0.4, -0.2) is 25.0 Å². The Morgan fingerprint density at radius 1 is 1.32 bits per heavy atom. The van der Waals surface area contributed by atoms with E-state index in [0.717, 1.165) is 20.6 Å². The van der Waals surface area contributed by atoms with Crippen molar-refractivity contribution in [2.75, 3.05) is 18.3 Å². The fourth-order valence-electron chi connectivity index (χ4n) is 1.62. The molecule has 2 rings (SSSR count). The van der Waals surface area contributed by atoms with Crippen molar-refractivity contribution in [2.24, 2.45) is 5.10 Å². The first-order valence-corrected chi connectivity index (χ1v) is 8.30. The molecule has 0 amide bonds. The zero-order valence-corrected chi connectivity index (χ0v) is 14.4. The predicted octanol–water partition coefficient (Wildman–Crippen LogP) is 4.16. The molecule has 22 heavy (non-hydrogen) atoms. The van der Waals surface area contributed by atoms with Crippen molar-refractivity contribution in [1.82, 2.24) is 0 Å². The van der Waals surface area contributed by atoms with Crippen molar-refractivity contribution in [3.8, 4) is 0 Å². The van der Waals surface area contributed by atoms with E-state index in [-0.39, 0.29) is 11.7 Å². The number of halogens is 1. The molecule has 1 N–H and O–H groups in total. The number of esters is 1. The summed E-state index contributed by atoms with van der Waals surface area (Å²) < 4.78 is 5.62. The molecular weight excluding hydrogens is 364 g/mol. The van der Waals surface area contributed by atoms with Crippen LogP contribution in [0.1, 0.15) is 5.56 Å². The lowest BCUT2D eigenvalue weighted by Gasteiger charge is -2.06. The van der Waals surface area contributed by atoms with Crippen molar-refractivity contribution >= 4 is 45.6 Å². The number of thioether (sulfide) groups is 1.